The maximum absolute atomic E-state index is 13.2. The van der Waals surface area contributed by atoms with Crippen LogP contribution in [0, 0.1) is 12.7 Å². The molecular weight excluding hydrogens is 420 g/mol. The number of hydrogen-bond acceptors (Lipinski definition) is 4. The minimum Gasteiger partial charge on any atom is -0.484 e. The van der Waals surface area contributed by atoms with Crippen LogP contribution in [0.15, 0.2) is 54.2 Å². The van der Waals surface area contributed by atoms with Gasteiger partial charge in [0.1, 0.15) is 18.2 Å². The summed E-state index contributed by atoms with van der Waals surface area (Å²) in [6.45, 7) is 6.52. The van der Waals surface area contributed by atoms with E-state index in [2.05, 4.69) is 16.8 Å². The molecule has 3 aromatic rings. The topological polar surface area (TPSA) is 39.9 Å². The minimum atomic E-state index is -0.359. The zero-order valence-electron chi connectivity index (χ0n) is 15.2. The molecule has 4 nitrogen and oxygen atoms in total. The number of rotatable bonds is 8. The molecule has 0 fully saturated rings. The van der Waals surface area contributed by atoms with Gasteiger partial charge in [-0.15, -0.1) is 16.8 Å². The van der Waals surface area contributed by atoms with Gasteiger partial charge in [0.2, 0.25) is 0 Å². The molecule has 0 saturated carbocycles. The van der Waals surface area contributed by atoms with E-state index in [4.69, 9.17) is 27.9 Å². The van der Waals surface area contributed by atoms with Gasteiger partial charge in [0.05, 0.1) is 5.02 Å². The zero-order valence-corrected chi connectivity index (χ0v) is 17.5. The van der Waals surface area contributed by atoms with Gasteiger partial charge >= 0.3 is 0 Å². The number of aromatic nitrogens is 3. The van der Waals surface area contributed by atoms with Gasteiger partial charge in [-0.3, -0.25) is 4.57 Å². The van der Waals surface area contributed by atoms with Crippen molar-refractivity contribution in [3.05, 3.63) is 81.9 Å². The number of hydrogen-bond donors (Lipinski definition) is 0. The molecule has 0 aliphatic carbocycles. The normalized spacial score (nSPS) is 10.9. The van der Waals surface area contributed by atoms with E-state index in [1.165, 1.54) is 23.9 Å². The van der Waals surface area contributed by atoms with E-state index < -0.39 is 0 Å². The van der Waals surface area contributed by atoms with Gasteiger partial charge in [-0.2, -0.15) is 0 Å². The lowest BCUT2D eigenvalue weighted by molar-refractivity contribution is 0.289. The lowest BCUT2D eigenvalue weighted by Crippen LogP contribution is -2.07. The summed E-state index contributed by atoms with van der Waals surface area (Å²) in [5, 5.41) is 10.1. The van der Waals surface area contributed by atoms with Crippen LogP contribution in [0.4, 0.5) is 4.39 Å². The van der Waals surface area contributed by atoms with Crippen LogP contribution in [0.2, 0.25) is 10.0 Å². The number of nitrogens with zero attached hydrogens (tertiary/aromatic N) is 3. The van der Waals surface area contributed by atoms with Crippen molar-refractivity contribution >= 4 is 35.0 Å². The smallest absolute Gasteiger partial charge is 0.191 e. The zero-order chi connectivity index (χ0) is 20.1. The summed E-state index contributed by atoms with van der Waals surface area (Å²) in [5.41, 5.74) is 1.88. The summed E-state index contributed by atoms with van der Waals surface area (Å²) in [7, 11) is 0. The van der Waals surface area contributed by atoms with Gasteiger partial charge in [0.25, 0.3) is 0 Å². The molecule has 28 heavy (non-hydrogen) atoms. The second-order valence-electron chi connectivity index (χ2n) is 6.05. The molecule has 1 aromatic heterocycles. The molecule has 0 aliphatic heterocycles. The van der Waals surface area contributed by atoms with Crippen LogP contribution < -0.4 is 4.74 Å². The Morgan fingerprint density at radius 2 is 2.00 bits per heavy atom. The molecule has 0 aliphatic rings. The Bertz CT molecular complexity index is 994. The van der Waals surface area contributed by atoms with E-state index in [1.54, 1.807) is 18.2 Å². The number of thioether (sulfide) groups is 1. The Balaban J connectivity index is 1.73. The minimum absolute atomic E-state index is 0.224. The van der Waals surface area contributed by atoms with Crippen molar-refractivity contribution in [2.24, 2.45) is 0 Å². The van der Waals surface area contributed by atoms with Gasteiger partial charge in [0, 0.05) is 17.3 Å². The molecule has 0 unspecified atom stereocenters. The lowest BCUT2D eigenvalue weighted by Gasteiger charge is -2.11. The number of halogens is 3. The van der Waals surface area contributed by atoms with Crippen molar-refractivity contribution in [2.75, 3.05) is 0 Å². The molecular formula is C20H18Cl2FN3OS. The van der Waals surface area contributed by atoms with Crippen molar-refractivity contribution in [1.29, 1.82) is 0 Å². The van der Waals surface area contributed by atoms with Crippen molar-refractivity contribution in [3.63, 3.8) is 0 Å². The summed E-state index contributed by atoms with van der Waals surface area (Å²) in [6, 6.07) is 9.96. The first-order valence-corrected chi connectivity index (χ1v) is 10.2. The molecule has 0 bridgehead atoms. The molecule has 0 radical (unpaired) electrons. The predicted molar refractivity (Wildman–Crippen MR) is 112 cm³/mol. The van der Waals surface area contributed by atoms with Gasteiger partial charge in [-0.25, -0.2) is 4.39 Å². The maximum atomic E-state index is 13.2. The van der Waals surface area contributed by atoms with E-state index in [0.717, 1.165) is 11.1 Å². The molecule has 1 heterocycles. The molecule has 0 spiro atoms. The molecule has 8 heteroatoms. The molecule has 0 saturated heterocycles. The summed E-state index contributed by atoms with van der Waals surface area (Å²) in [4.78, 5) is 0. The highest BCUT2D eigenvalue weighted by Crippen LogP contribution is 2.28. The Morgan fingerprint density at radius 3 is 2.75 bits per heavy atom. The van der Waals surface area contributed by atoms with E-state index >= 15 is 0 Å². The second-order valence-corrected chi connectivity index (χ2v) is 7.80. The first-order chi connectivity index (χ1) is 13.5. The lowest BCUT2D eigenvalue weighted by atomic mass is 10.2. The van der Waals surface area contributed by atoms with E-state index in [0.29, 0.717) is 39.1 Å². The van der Waals surface area contributed by atoms with E-state index in [-0.39, 0.29) is 12.4 Å². The third-order valence-electron chi connectivity index (χ3n) is 3.92. The second kappa shape index (κ2) is 9.45. The summed E-state index contributed by atoms with van der Waals surface area (Å²) in [5.74, 6) is 1.44. The predicted octanol–water partition coefficient (Wildman–Crippen LogP) is 6.09. The molecule has 146 valence electrons. The third kappa shape index (κ3) is 5.07. The standard InChI is InChI=1S/C20H18Cl2FN3OS/c1-3-8-26-19(11-27-18-9-13(2)4-7-16(18)21)24-25-20(26)28-12-14-5-6-15(23)10-17(14)22/h3-7,9-10H,1,8,11-12H2,2H3. The Kier molecular flexibility index (Phi) is 6.99. The third-order valence-corrected chi connectivity index (χ3v) is 5.60. The molecule has 0 atom stereocenters. The monoisotopic (exact) mass is 437 g/mol. The number of benzene rings is 2. The summed E-state index contributed by atoms with van der Waals surface area (Å²) < 4.78 is 21.0. The fourth-order valence-corrected chi connectivity index (χ4v) is 3.95. The molecule has 2 aromatic carbocycles. The Morgan fingerprint density at radius 1 is 1.18 bits per heavy atom. The highest BCUT2D eigenvalue weighted by molar-refractivity contribution is 7.98. The van der Waals surface area contributed by atoms with Gasteiger partial charge < -0.3 is 4.74 Å². The van der Waals surface area contributed by atoms with Crippen LogP contribution in [0.5, 0.6) is 5.75 Å². The van der Waals surface area contributed by atoms with Gasteiger partial charge in [-0.1, -0.05) is 53.2 Å². The van der Waals surface area contributed by atoms with Crippen LogP contribution in [-0.4, -0.2) is 14.8 Å². The Hall–Kier alpha value is -2.02. The van der Waals surface area contributed by atoms with Crippen molar-refractivity contribution < 1.29 is 9.13 Å². The average Bonchev–Trinajstić information content (AvgIpc) is 3.04. The number of aryl methyl sites for hydroxylation is 1. The van der Waals surface area contributed by atoms with Crippen molar-refractivity contribution in [2.45, 2.75) is 31.0 Å². The van der Waals surface area contributed by atoms with Gasteiger partial charge in [-0.05, 0) is 42.3 Å². The maximum Gasteiger partial charge on any atom is 0.191 e. The molecule has 0 N–H and O–H groups in total. The number of ether oxygens (including phenoxy) is 1. The SMILES string of the molecule is C=CCn1c(COc2cc(C)ccc2Cl)nnc1SCc1ccc(F)cc1Cl. The van der Waals surface area contributed by atoms with Crippen LogP contribution in [0.1, 0.15) is 17.0 Å². The fraction of sp³-hybridized carbons (Fsp3) is 0.200. The molecule has 0 amide bonds. The Labute approximate surface area is 177 Å². The van der Waals surface area contributed by atoms with E-state index in [1.807, 2.05) is 23.6 Å². The number of allylic oxidation sites excluding steroid dienone is 1. The van der Waals surface area contributed by atoms with Crippen LogP contribution in [0.25, 0.3) is 0 Å². The van der Waals surface area contributed by atoms with E-state index in [9.17, 15) is 4.39 Å². The largest absolute Gasteiger partial charge is 0.484 e. The van der Waals surface area contributed by atoms with Crippen molar-refractivity contribution in [3.8, 4) is 5.75 Å². The molecule has 3 rings (SSSR count). The highest BCUT2D eigenvalue weighted by atomic mass is 35.5. The fourth-order valence-electron chi connectivity index (χ4n) is 2.49. The first kappa shape index (κ1) is 20.7. The summed E-state index contributed by atoms with van der Waals surface area (Å²) >= 11 is 13.7. The quantitative estimate of drug-likeness (QED) is 0.315. The van der Waals surface area contributed by atoms with Crippen LogP contribution in [0.3, 0.4) is 0 Å². The average molecular weight is 438 g/mol. The summed E-state index contributed by atoms with van der Waals surface area (Å²) in [6.07, 6.45) is 1.77. The highest BCUT2D eigenvalue weighted by Gasteiger charge is 2.14. The van der Waals surface area contributed by atoms with Gasteiger partial charge in [0.15, 0.2) is 11.0 Å². The van der Waals surface area contributed by atoms with Crippen molar-refractivity contribution in [1.82, 2.24) is 14.8 Å². The van der Waals surface area contributed by atoms with Crippen LogP contribution >= 0.6 is 35.0 Å². The van der Waals surface area contributed by atoms with Crippen LogP contribution in [-0.2, 0) is 18.9 Å². The first-order valence-electron chi connectivity index (χ1n) is 8.46.